The van der Waals surface area contributed by atoms with Gasteiger partial charge in [-0.3, -0.25) is 4.90 Å². The fourth-order valence-corrected chi connectivity index (χ4v) is 3.64. The Morgan fingerprint density at radius 1 is 0.857 bits per heavy atom. The van der Waals surface area contributed by atoms with E-state index in [4.69, 9.17) is 0 Å². The average Bonchev–Trinajstić information content (AvgIpc) is 2.87. The second-order valence-corrected chi connectivity index (χ2v) is 5.60. The largest absolute Gasteiger partial charge is 0.297 e. The van der Waals surface area contributed by atoms with E-state index >= 15 is 0 Å². The van der Waals surface area contributed by atoms with Crippen molar-refractivity contribution in [2.24, 2.45) is 0 Å². The molecule has 1 nitrogen and oxygen atoms in total. The fourth-order valence-electron chi connectivity index (χ4n) is 3.23. The molecule has 0 unspecified atom stereocenters. The van der Waals surface area contributed by atoms with Crippen molar-refractivity contribution >= 4 is 15.9 Å². The van der Waals surface area contributed by atoms with Crippen LogP contribution in [-0.2, 0) is 0 Å². The molecular formula is C12H22BrN. The topological polar surface area (TPSA) is 3.24 Å². The molecule has 2 aliphatic carbocycles. The molecule has 0 radical (unpaired) electrons. The first-order chi connectivity index (χ1) is 6.92. The first-order valence-electron chi connectivity index (χ1n) is 6.23. The van der Waals surface area contributed by atoms with Gasteiger partial charge in [0, 0.05) is 24.0 Å². The lowest BCUT2D eigenvalue weighted by molar-refractivity contribution is 0.147. The summed E-state index contributed by atoms with van der Waals surface area (Å²) >= 11 is 3.60. The van der Waals surface area contributed by atoms with Crippen LogP contribution in [0.5, 0.6) is 0 Å². The van der Waals surface area contributed by atoms with Crippen LogP contribution in [0, 0.1) is 0 Å². The summed E-state index contributed by atoms with van der Waals surface area (Å²) in [4.78, 5) is 2.81. The Kier molecular flexibility index (Phi) is 4.30. The van der Waals surface area contributed by atoms with Crippen LogP contribution in [0.1, 0.15) is 51.4 Å². The van der Waals surface area contributed by atoms with Crippen molar-refractivity contribution in [3.63, 3.8) is 0 Å². The third-order valence-corrected chi connectivity index (χ3v) is 4.28. The summed E-state index contributed by atoms with van der Waals surface area (Å²) in [6, 6.07) is 1.85. The highest BCUT2D eigenvalue weighted by Gasteiger charge is 2.29. The van der Waals surface area contributed by atoms with Crippen molar-refractivity contribution in [2.75, 3.05) is 11.9 Å². The third kappa shape index (κ3) is 2.52. The number of hydrogen-bond acceptors (Lipinski definition) is 1. The van der Waals surface area contributed by atoms with E-state index < -0.39 is 0 Å². The summed E-state index contributed by atoms with van der Waals surface area (Å²) in [6.45, 7) is 1.27. The first kappa shape index (κ1) is 10.9. The van der Waals surface area contributed by atoms with Crippen LogP contribution in [0.15, 0.2) is 0 Å². The van der Waals surface area contributed by atoms with E-state index in [1.54, 1.807) is 0 Å². The molecule has 0 aromatic rings. The second kappa shape index (κ2) is 5.50. The Bertz CT molecular complexity index is 144. The molecule has 14 heavy (non-hydrogen) atoms. The number of rotatable bonds is 4. The predicted molar refractivity (Wildman–Crippen MR) is 65.0 cm³/mol. The molecule has 0 heterocycles. The highest BCUT2D eigenvalue weighted by Crippen LogP contribution is 2.31. The van der Waals surface area contributed by atoms with Gasteiger partial charge in [0.2, 0.25) is 0 Å². The molecule has 2 fully saturated rings. The maximum Gasteiger partial charge on any atom is 0.0159 e. The van der Waals surface area contributed by atoms with Gasteiger partial charge in [-0.05, 0) is 25.7 Å². The van der Waals surface area contributed by atoms with Crippen LogP contribution < -0.4 is 0 Å². The lowest BCUT2D eigenvalue weighted by atomic mass is 10.1. The zero-order chi connectivity index (χ0) is 9.80. The molecule has 2 rings (SSSR count). The molecule has 0 spiro atoms. The van der Waals surface area contributed by atoms with Gasteiger partial charge in [-0.2, -0.15) is 0 Å². The van der Waals surface area contributed by atoms with Gasteiger partial charge in [-0.25, -0.2) is 0 Å². The van der Waals surface area contributed by atoms with Crippen molar-refractivity contribution in [3.05, 3.63) is 0 Å². The third-order valence-electron chi connectivity index (χ3n) is 3.93. The van der Waals surface area contributed by atoms with E-state index in [2.05, 4.69) is 20.8 Å². The van der Waals surface area contributed by atoms with Gasteiger partial charge < -0.3 is 0 Å². The van der Waals surface area contributed by atoms with Crippen molar-refractivity contribution in [1.82, 2.24) is 4.90 Å². The van der Waals surface area contributed by atoms with E-state index in [0.29, 0.717) is 0 Å². The molecule has 0 aromatic heterocycles. The Balaban J connectivity index is 1.91. The number of alkyl halides is 1. The zero-order valence-electron chi connectivity index (χ0n) is 9.05. The highest BCUT2D eigenvalue weighted by molar-refractivity contribution is 9.09. The summed E-state index contributed by atoms with van der Waals surface area (Å²) in [5.41, 5.74) is 0. The number of halogens is 1. The molecule has 0 amide bonds. The van der Waals surface area contributed by atoms with E-state index in [1.165, 1.54) is 57.9 Å². The lowest BCUT2D eigenvalue weighted by Gasteiger charge is -2.33. The van der Waals surface area contributed by atoms with Gasteiger partial charge in [0.25, 0.3) is 0 Å². The van der Waals surface area contributed by atoms with Crippen LogP contribution in [0.2, 0.25) is 0 Å². The number of nitrogens with zero attached hydrogens (tertiary/aromatic N) is 1. The van der Waals surface area contributed by atoms with Gasteiger partial charge in [0.15, 0.2) is 0 Å². The minimum atomic E-state index is 0.927. The van der Waals surface area contributed by atoms with E-state index in [-0.39, 0.29) is 0 Å². The van der Waals surface area contributed by atoms with Crippen molar-refractivity contribution in [2.45, 2.75) is 63.5 Å². The van der Waals surface area contributed by atoms with Crippen molar-refractivity contribution in [1.29, 1.82) is 0 Å². The maximum atomic E-state index is 3.60. The Morgan fingerprint density at radius 2 is 1.29 bits per heavy atom. The molecule has 2 aliphatic rings. The highest BCUT2D eigenvalue weighted by atomic mass is 79.9. The predicted octanol–water partition coefficient (Wildman–Crippen LogP) is 3.57. The first-order valence-corrected chi connectivity index (χ1v) is 7.35. The molecule has 0 aliphatic heterocycles. The second-order valence-electron chi connectivity index (χ2n) is 4.80. The molecule has 0 bridgehead atoms. The summed E-state index contributed by atoms with van der Waals surface area (Å²) in [5.74, 6) is 0. The SMILES string of the molecule is BrCCN(C1CCCC1)C1CCCC1. The van der Waals surface area contributed by atoms with Gasteiger partial charge in [-0.15, -0.1) is 0 Å². The molecular weight excluding hydrogens is 238 g/mol. The summed E-state index contributed by atoms with van der Waals surface area (Å²) < 4.78 is 0. The molecule has 0 aromatic carbocycles. The zero-order valence-corrected chi connectivity index (χ0v) is 10.6. The molecule has 0 N–H and O–H groups in total. The Hall–Kier alpha value is 0.440. The maximum absolute atomic E-state index is 3.60. The van der Waals surface area contributed by atoms with Gasteiger partial charge in [0.1, 0.15) is 0 Å². The molecule has 2 heteroatoms. The fraction of sp³-hybridized carbons (Fsp3) is 1.00. The van der Waals surface area contributed by atoms with Gasteiger partial charge >= 0.3 is 0 Å². The Morgan fingerprint density at radius 3 is 1.64 bits per heavy atom. The normalized spacial score (nSPS) is 25.3. The summed E-state index contributed by atoms with van der Waals surface area (Å²) in [7, 11) is 0. The Labute approximate surface area is 96.4 Å². The smallest absolute Gasteiger partial charge is 0.0159 e. The summed E-state index contributed by atoms with van der Waals surface area (Å²) in [5, 5.41) is 1.15. The minimum absolute atomic E-state index is 0.927. The monoisotopic (exact) mass is 259 g/mol. The standard InChI is InChI=1S/C12H22BrN/c13-9-10-14(11-5-1-2-6-11)12-7-3-4-8-12/h11-12H,1-10H2. The molecule has 0 atom stereocenters. The van der Waals surface area contributed by atoms with Crippen LogP contribution in [0.4, 0.5) is 0 Å². The van der Waals surface area contributed by atoms with Crippen LogP contribution in [0.3, 0.4) is 0 Å². The minimum Gasteiger partial charge on any atom is -0.297 e. The van der Waals surface area contributed by atoms with Gasteiger partial charge in [0.05, 0.1) is 0 Å². The molecule has 82 valence electrons. The quantitative estimate of drug-likeness (QED) is 0.698. The van der Waals surface area contributed by atoms with E-state index in [0.717, 1.165) is 17.4 Å². The molecule has 2 saturated carbocycles. The molecule has 0 saturated heterocycles. The van der Waals surface area contributed by atoms with Crippen LogP contribution in [-0.4, -0.2) is 28.9 Å². The van der Waals surface area contributed by atoms with Crippen molar-refractivity contribution in [3.8, 4) is 0 Å². The van der Waals surface area contributed by atoms with Crippen LogP contribution >= 0.6 is 15.9 Å². The lowest BCUT2D eigenvalue weighted by Crippen LogP contribution is -2.41. The summed E-state index contributed by atoms with van der Waals surface area (Å²) in [6.07, 6.45) is 11.7. The number of hydrogen-bond donors (Lipinski definition) is 0. The van der Waals surface area contributed by atoms with E-state index in [9.17, 15) is 0 Å². The van der Waals surface area contributed by atoms with E-state index in [1.807, 2.05) is 0 Å². The van der Waals surface area contributed by atoms with Crippen molar-refractivity contribution < 1.29 is 0 Å². The average molecular weight is 260 g/mol. The van der Waals surface area contributed by atoms with Gasteiger partial charge in [-0.1, -0.05) is 41.6 Å². The van der Waals surface area contributed by atoms with Crippen LogP contribution in [0.25, 0.3) is 0 Å².